The Labute approximate surface area is 398 Å². The Kier molecular flexibility index (Phi) is 13.6. The van der Waals surface area contributed by atoms with Gasteiger partial charge in [0, 0.05) is 15.9 Å². The van der Waals surface area contributed by atoms with Crippen LogP contribution in [0.25, 0.3) is 0 Å². The molecule has 0 aliphatic rings. The van der Waals surface area contributed by atoms with E-state index in [1.807, 2.05) is 109 Å². The van der Waals surface area contributed by atoms with E-state index in [-0.39, 0.29) is 5.57 Å². The minimum Gasteiger partial charge on any atom is -0.484 e. The molecule has 0 fully saturated rings. The second kappa shape index (κ2) is 20.2. The molecule has 0 N–H and O–H groups in total. The zero-order valence-electron chi connectivity index (χ0n) is 37.2. The van der Waals surface area contributed by atoms with Gasteiger partial charge in [0.25, 0.3) is 8.32 Å². The number of benzene rings is 9. The summed E-state index contributed by atoms with van der Waals surface area (Å²) >= 11 is 0. The lowest BCUT2D eigenvalue weighted by Gasteiger charge is -2.48. The van der Waals surface area contributed by atoms with Crippen LogP contribution in [-0.2, 0) is 21.6 Å². The van der Waals surface area contributed by atoms with Gasteiger partial charge in [0.15, 0.2) is 0 Å². The maximum atomic E-state index is 14.4. The minimum absolute atomic E-state index is 0.255. The molecule has 9 rings (SSSR count). The van der Waals surface area contributed by atoms with Crippen LogP contribution in [0.2, 0.25) is 0 Å². The van der Waals surface area contributed by atoms with Gasteiger partial charge in [0.1, 0.15) is 0 Å². The molecule has 0 saturated carbocycles. The Bertz CT molecular complexity index is 2780. The zero-order valence-corrected chi connectivity index (χ0v) is 41.2. The first-order valence-corrected chi connectivity index (χ1v) is 29.7. The topological polar surface area (TPSA) is 54.0 Å². The summed E-state index contributed by atoms with van der Waals surface area (Å²) in [6, 6.07) is 92.8. The molecule has 67 heavy (non-hydrogen) atoms. The first-order valence-electron chi connectivity index (χ1n) is 22.4. The Morgan fingerprint density at radius 2 is 0.493 bits per heavy atom. The Balaban J connectivity index is 1.45. The van der Waals surface area contributed by atoms with Crippen LogP contribution >= 0.6 is 0 Å². The number of rotatable bonds is 17. The molecule has 9 aromatic carbocycles. The maximum Gasteiger partial charge on any atom is 0.462 e. The maximum absolute atomic E-state index is 14.4. The number of carbonyl (C=O) groups is 1. The van der Waals surface area contributed by atoms with Crippen molar-refractivity contribution in [3.05, 3.63) is 285 Å². The number of hydrogen-bond acceptors (Lipinski definition) is 5. The third-order valence-corrected chi connectivity index (χ3v) is 29.4. The van der Waals surface area contributed by atoms with E-state index in [1.54, 1.807) is 6.92 Å². The van der Waals surface area contributed by atoms with Crippen LogP contribution in [0.4, 0.5) is 0 Å². The molecule has 0 unspecified atom stereocenters. The van der Waals surface area contributed by atoms with Crippen molar-refractivity contribution < 1.29 is 21.6 Å². The van der Waals surface area contributed by atoms with Crippen molar-refractivity contribution in [1.82, 2.24) is 0 Å². The van der Waals surface area contributed by atoms with Crippen molar-refractivity contribution in [2.24, 2.45) is 0 Å². The van der Waals surface area contributed by atoms with Gasteiger partial charge in [-0.25, -0.2) is 4.79 Å². The summed E-state index contributed by atoms with van der Waals surface area (Å²) in [5, 5.41) is 8.04. The van der Waals surface area contributed by atoms with Crippen molar-refractivity contribution in [3.8, 4) is 0 Å². The summed E-state index contributed by atoms with van der Waals surface area (Å²) in [7, 11) is -16.4. The SMILES string of the molecule is C=C(C)C(=O)O[Si](O[Si](O[Si](O[Si](c1ccccc1)(c1ccccc1)c1ccccc1)(c1ccccc1)c1ccccc1)(c1ccccc1)c1ccccc1)(c1ccccc1)c1ccccc1. The quantitative estimate of drug-likeness (QED) is 0.0587. The first-order chi connectivity index (χ1) is 32.9. The van der Waals surface area contributed by atoms with Gasteiger partial charge in [-0.1, -0.05) is 280 Å². The van der Waals surface area contributed by atoms with E-state index < -0.39 is 40.0 Å². The molecule has 328 valence electrons. The molecule has 0 radical (unpaired) electrons. The van der Waals surface area contributed by atoms with Crippen molar-refractivity contribution in [1.29, 1.82) is 0 Å². The number of hydrogen-bond donors (Lipinski definition) is 0. The lowest BCUT2D eigenvalue weighted by atomic mass is 10.3. The molecule has 9 heteroatoms. The van der Waals surface area contributed by atoms with Crippen molar-refractivity contribution >= 4 is 86.6 Å². The predicted octanol–water partition coefficient (Wildman–Crippen LogP) is 6.59. The van der Waals surface area contributed by atoms with E-state index in [9.17, 15) is 4.79 Å². The highest BCUT2D eigenvalue weighted by molar-refractivity contribution is 7.16. The summed E-state index contributed by atoms with van der Waals surface area (Å²) in [6.07, 6.45) is 0. The fraction of sp³-hybridized carbons (Fsp3) is 0.0172. The summed E-state index contributed by atoms with van der Waals surface area (Å²) in [6.45, 7) is 5.74. The van der Waals surface area contributed by atoms with Gasteiger partial charge >= 0.3 is 31.7 Å². The van der Waals surface area contributed by atoms with Gasteiger partial charge in [0.05, 0.1) is 0 Å². The van der Waals surface area contributed by atoms with Crippen LogP contribution in [-0.4, -0.2) is 40.0 Å². The van der Waals surface area contributed by atoms with Crippen LogP contribution < -0.4 is 46.7 Å². The Morgan fingerprint density at radius 1 is 0.299 bits per heavy atom. The van der Waals surface area contributed by atoms with Crippen LogP contribution in [0.15, 0.2) is 285 Å². The van der Waals surface area contributed by atoms with E-state index in [0.29, 0.717) is 0 Å². The van der Waals surface area contributed by atoms with Gasteiger partial charge in [-0.3, -0.25) is 0 Å². The fourth-order valence-corrected chi connectivity index (χ4v) is 29.5. The molecule has 0 aromatic heterocycles. The molecule has 0 heterocycles. The van der Waals surface area contributed by atoms with Gasteiger partial charge in [-0.2, -0.15) is 0 Å². The average Bonchev–Trinajstić information content (AvgIpc) is 3.41. The molecule has 0 atom stereocenters. The second-order valence-corrected chi connectivity index (χ2v) is 29.2. The Hall–Kier alpha value is -7.06. The molecular formula is C58H50O5Si4. The molecule has 0 spiro atoms. The van der Waals surface area contributed by atoms with E-state index in [1.165, 1.54) is 0 Å². The predicted molar refractivity (Wildman–Crippen MR) is 282 cm³/mol. The lowest BCUT2D eigenvalue weighted by Crippen LogP contribution is -2.84. The standard InChI is InChI=1S/C58H50O5Si4/c1-48(2)58(59)60-65(52-36-18-6-19-37-52,53-38-20-7-21-39-53)62-67(56-44-26-10-27-45-56,57-46-28-11-29-47-57)63-66(54-40-22-8-23-41-54,55-42-24-9-25-43-55)61-64(49-30-12-3-13-31-49,50-32-14-4-15-33-50)51-34-16-5-17-35-51/h3-47H,1H2,2H3. The third kappa shape index (κ3) is 8.97. The zero-order chi connectivity index (χ0) is 46.0. The lowest BCUT2D eigenvalue weighted by molar-refractivity contribution is -0.131. The first kappa shape index (κ1) is 45.1. The fourth-order valence-electron chi connectivity index (χ4n) is 8.75. The minimum atomic E-state index is -4.34. The van der Waals surface area contributed by atoms with Gasteiger partial charge in [0.2, 0.25) is 0 Å². The average molecular weight is 939 g/mol. The van der Waals surface area contributed by atoms with E-state index >= 15 is 0 Å². The molecule has 0 amide bonds. The van der Waals surface area contributed by atoms with Crippen molar-refractivity contribution in [2.45, 2.75) is 6.92 Å². The molecule has 0 bridgehead atoms. The van der Waals surface area contributed by atoms with Crippen molar-refractivity contribution in [3.63, 3.8) is 0 Å². The van der Waals surface area contributed by atoms with Crippen LogP contribution in [0, 0.1) is 0 Å². The van der Waals surface area contributed by atoms with Gasteiger partial charge in [-0.05, 0) is 43.2 Å². The van der Waals surface area contributed by atoms with Crippen molar-refractivity contribution in [2.75, 3.05) is 0 Å². The summed E-state index contributed by atoms with van der Waals surface area (Å²) in [5.74, 6) is -0.557. The highest BCUT2D eigenvalue weighted by Gasteiger charge is 2.63. The second-order valence-electron chi connectivity index (χ2n) is 16.3. The molecule has 9 aromatic rings. The highest BCUT2D eigenvalue weighted by Crippen LogP contribution is 2.28. The molecule has 0 aliphatic carbocycles. The smallest absolute Gasteiger partial charge is 0.462 e. The van der Waals surface area contributed by atoms with Crippen LogP contribution in [0.3, 0.4) is 0 Å². The van der Waals surface area contributed by atoms with E-state index in [4.69, 9.17) is 16.8 Å². The molecule has 0 saturated heterocycles. The summed E-state index contributed by atoms with van der Waals surface area (Å²) < 4.78 is 32.8. The van der Waals surface area contributed by atoms with Gasteiger partial charge < -0.3 is 16.8 Å². The normalized spacial score (nSPS) is 12.0. The summed E-state index contributed by atoms with van der Waals surface area (Å²) in [4.78, 5) is 14.4. The third-order valence-electron chi connectivity index (χ3n) is 11.9. The summed E-state index contributed by atoms with van der Waals surface area (Å²) in [5.41, 5.74) is 0.255. The monoisotopic (exact) mass is 938 g/mol. The Morgan fingerprint density at radius 3 is 0.731 bits per heavy atom. The van der Waals surface area contributed by atoms with Crippen LogP contribution in [0.5, 0.6) is 0 Å². The molecule has 0 aliphatic heterocycles. The largest absolute Gasteiger partial charge is 0.484 e. The molecular weight excluding hydrogens is 889 g/mol. The van der Waals surface area contributed by atoms with Crippen LogP contribution in [0.1, 0.15) is 6.92 Å². The van der Waals surface area contributed by atoms with Gasteiger partial charge in [-0.15, -0.1) is 0 Å². The van der Waals surface area contributed by atoms with E-state index in [0.717, 1.165) is 46.7 Å². The molecule has 5 nitrogen and oxygen atoms in total. The van der Waals surface area contributed by atoms with E-state index in [2.05, 4.69) is 170 Å². The highest BCUT2D eigenvalue weighted by atomic mass is 28.5. The number of carbonyl (C=O) groups excluding carboxylic acids is 1.